The SMILES string of the molecule is CN(CC1(O)CCCC1)c1cc(Br)ccc1C(N)=S. The highest BCUT2D eigenvalue weighted by Gasteiger charge is 2.32. The summed E-state index contributed by atoms with van der Waals surface area (Å²) >= 11 is 8.56. The second-order valence-corrected chi connectivity index (χ2v) is 6.67. The van der Waals surface area contributed by atoms with Gasteiger partial charge in [0.15, 0.2) is 0 Å². The topological polar surface area (TPSA) is 49.5 Å². The summed E-state index contributed by atoms with van der Waals surface area (Å²) in [5.41, 5.74) is 7.00. The molecule has 3 nitrogen and oxygen atoms in total. The highest BCUT2D eigenvalue weighted by Crippen LogP contribution is 2.32. The Hall–Kier alpha value is -0.650. The molecule has 1 aromatic rings. The Morgan fingerprint density at radius 3 is 2.68 bits per heavy atom. The Bertz CT molecular complexity index is 486. The van der Waals surface area contributed by atoms with E-state index < -0.39 is 5.60 Å². The number of benzene rings is 1. The quantitative estimate of drug-likeness (QED) is 0.826. The second kappa shape index (κ2) is 5.77. The van der Waals surface area contributed by atoms with Crippen molar-refractivity contribution in [3.8, 4) is 0 Å². The average Bonchev–Trinajstić information content (AvgIpc) is 2.75. The minimum atomic E-state index is -0.579. The number of thiocarbonyl (C=S) groups is 1. The number of likely N-dealkylation sites (N-methyl/N-ethyl adjacent to an activating group) is 1. The molecule has 0 amide bonds. The fourth-order valence-corrected chi connectivity index (χ4v) is 3.27. The van der Waals surface area contributed by atoms with E-state index >= 15 is 0 Å². The van der Waals surface area contributed by atoms with Gasteiger partial charge in [-0.1, -0.05) is 41.0 Å². The smallest absolute Gasteiger partial charge is 0.106 e. The van der Waals surface area contributed by atoms with Crippen molar-refractivity contribution in [2.24, 2.45) is 5.73 Å². The van der Waals surface area contributed by atoms with Crippen molar-refractivity contribution in [3.05, 3.63) is 28.2 Å². The predicted molar refractivity (Wildman–Crippen MR) is 86.7 cm³/mol. The Balaban J connectivity index is 2.24. The molecule has 1 saturated carbocycles. The molecule has 0 aliphatic heterocycles. The fraction of sp³-hybridized carbons (Fsp3) is 0.500. The van der Waals surface area contributed by atoms with Crippen molar-refractivity contribution in [2.75, 3.05) is 18.5 Å². The lowest BCUT2D eigenvalue weighted by molar-refractivity contribution is 0.0559. The number of halogens is 1. The molecule has 0 atom stereocenters. The van der Waals surface area contributed by atoms with Crippen LogP contribution in [0.2, 0.25) is 0 Å². The zero-order chi connectivity index (χ0) is 14.0. The maximum Gasteiger partial charge on any atom is 0.106 e. The van der Waals surface area contributed by atoms with Crippen molar-refractivity contribution in [1.29, 1.82) is 0 Å². The molecule has 19 heavy (non-hydrogen) atoms. The van der Waals surface area contributed by atoms with Crippen LogP contribution in [0.5, 0.6) is 0 Å². The van der Waals surface area contributed by atoms with Gasteiger partial charge in [-0.2, -0.15) is 0 Å². The first kappa shape index (κ1) is 14.8. The van der Waals surface area contributed by atoms with Crippen LogP contribution in [0.3, 0.4) is 0 Å². The van der Waals surface area contributed by atoms with Crippen molar-refractivity contribution in [3.63, 3.8) is 0 Å². The summed E-state index contributed by atoms with van der Waals surface area (Å²) in [6.45, 7) is 0.610. The fourth-order valence-electron chi connectivity index (χ4n) is 2.75. The number of nitrogens with two attached hydrogens (primary N) is 1. The molecule has 2 rings (SSSR count). The molecule has 0 heterocycles. The van der Waals surface area contributed by atoms with Crippen LogP contribution in [0.1, 0.15) is 31.2 Å². The van der Waals surface area contributed by atoms with E-state index in [1.807, 2.05) is 30.1 Å². The largest absolute Gasteiger partial charge is 0.389 e. The summed E-state index contributed by atoms with van der Waals surface area (Å²) in [5, 5.41) is 10.5. The van der Waals surface area contributed by atoms with Gasteiger partial charge in [-0.3, -0.25) is 0 Å². The first-order chi connectivity index (χ1) is 8.91. The van der Waals surface area contributed by atoms with Gasteiger partial charge in [0.05, 0.1) is 5.60 Å². The van der Waals surface area contributed by atoms with Crippen LogP contribution in [-0.4, -0.2) is 29.3 Å². The van der Waals surface area contributed by atoms with Crippen LogP contribution in [0.15, 0.2) is 22.7 Å². The molecule has 1 fully saturated rings. The van der Waals surface area contributed by atoms with Crippen molar-refractivity contribution in [1.82, 2.24) is 0 Å². The summed E-state index contributed by atoms with van der Waals surface area (Å²) in [6, 6.07) is 5.83. The molecule has 0 spiro atoms. The molecule has 104 valence electrons. The summed E-state index contributed by atoms with van der Waals surface area (Å²) in [5.74, 6) is 0. The number of rotatable bonds is 4. The highest BCUT2D eigenvalue weighted by molar-refractivity contribution is 9.10. The van der Waals surface area contributed by atoms with Crippen LogP contribution in [-0.2, 0) is 0 Å². The van der Waals surface area contributed by atoms with E-state index in [0.717, 1.165) is 41.4 Å². The monoisotopic (exact) mass is 342 g/mol. The maximum absolute atomic E-state index is 10.5. The number of nitrogens with zero attached hydrogens (tertiary/aromatic N) is 1. The third-order valence-corrected chi connectivity index (χ3v) is 4.42. The van der Waals surface area contributed by atoms with E-state index in [1.54, 1.807) is 0 Å². The number of hydrogen-bond acceptors (Lipinski definition) is 3. The Kier molecular flexibility index (Phi) is 4.48. The van der Waals surface area contributed by atoms with Crippen molar-refractivity contribution in [2.45, 2.75) is 31.3 Å². The molecule has 0 aromatic heterocycles. The third-order valence-electron chi connectivity index (χ3n) is 3.70. The zero-order valence-corrected chi connectivity index (χ0v) is 13.4. The molecule has 1 aliphatic rings. The van der Waals surface area contributed by atoms with Gasteiger partial charge < -0.3 is 15.7 Å². The Morgan fingerprint density at radius 2 is 2.11 bits per heavy atom. The molecular weight excluding hydrogens is 324 g/mol. The van der Waals surface area contributed by atoms with E-state index in [2.05, 4.69) is 15.9 Å². The maximum atomic E-state index is 10.5. The summed E-state index contributed by atoms with van der Waals surface area (Å²) in [6.07, 6.45) is 3.94. The molecular formula is C14H19BrN2OS. The van der Waals surface area contributed by atoms with E-state index in [4.69, 9.17) is 18.0 Å². The van der Waals surface area contributed by atoms with Crippen LogP contribution < -0.4 is 10.6 Å². The normalized spacial score (nSPS) is 17.4. The molecule has 1 aliphatic carbocycles. The first-order valence-corrected chi connectivity index (χ1v) is 7.64. The minimum Gasteiger partial charge on any atom is -0.389 e. The standard InChI is InChI=1S/C14H19BrN2OS/c1-17(9-14(18)6-2-3-7-14)12-8-10(15)4-5-11(12)13(16)19/h4-5,8,18H,2-3,6-7,9H2,1H3,(H2,16,19). The van der Waals surface area contributed by atoms with E-state index in [9.17, 15) is 5.11 Å². The highest BCUT2D eigenvalue weighted by atomic mass is 79.9. The number of aliphatic hydroxyl groups is 1. The van der Waals surface area contributed by atoms with Crippen molar-refractivity contribution < 1.29 is 5.11 Å². The van der Waals surface area contributed by atoms with Gasteiger partial charge >= 0.3 is 0 Å². The Labute approximate surface area is 127 Å². The molecule has 3 N–H and O–H groups in total. The predicted octanol–water partition coefficient (Wildman–Crippen LogP) is 2.82. The van der Waals surface area contributed by atoms with Gasteiger partial charge in [0, 0.05) is 29.3 Å². The van der Waals surface area contributed by atoms with E-state index in [1.165, 1.54) is 0 Å². The molecule has 0 bridgehead atoms. The van der Waals surface area contributed by atoms with E-state index in [-0.39, 0.29) is 0 Å². The lowest BCUT2D eigenvalue weighted by Crippen LogP contribution is -2.39. The van der Waals surface area contributed by atoms with Crippen LogP contribution in [0, 0.1) is 0 Å². The first-order valence-electron chi connectivity index (χ1n) is 6.44. The zero-order valence-electron chi connectivity index (χ0n) is 11.0. The van der Waals surface area contributed by atoms with Crippen LogP contribution in [0.25, 0.3) is 0 Å². The molecule has 1 aromatic carbocycles. The number of anilines is 1. The van der Waals surface area contributed by atoms with Gasteiger partial charge in [0.2, 0.25) is 0 Å². The van der Waals surface area contributed by atoms with Gasteiger partial charge in [-0.25, -0.2) is 0 Å². The molecule has 5 heteroatoms. The lowest BCUT2D eigenvalue weighted by Gasteiger charge is -2.31. The van der Waals surface area contributed by atoms with E-state index in [0.29, 0.717) is 11.5 Å². The third kappa shape index (κ3) is 3.46. The average molecular weight is 343 g/mol. The van der Waals surface area contributed by atoms with Crippen molar-refractivity contribution >= 4 is 38.8 Å². The summed E-state index contributed by atoms with van der Waals surface area (Å²) < 4.78 is 0.979. The summed E-state index contributed by atoms with van der Waals surface area (Å²) in [7, 11) is 1.97. The molecule has 0 saturated heterocycles. The van der Waals surface area contributed by atoms with Crippen LogP contribution >= 0.6 is 28.1 Å². The summed E-state index contributed by atoms with van der Waals surface area (Å²) in [4.78, 5) is 2.43. The van der Waals surface area contributed by atoms with Gasteiger partial charge in [-0.05, 0) is 31.0 Å². The minimum absolute atomic E-state index is 0.382. The molecule has 0 unspecified atom stereocenters. The lowest BCUT2D eigenvalue weighted by atomic mass is 10.0. The van der Waals surface area contributed by atoms with Gasteiger partial charge in [0.1, 0.15) is 4.99 Å². The Morgan fingerprint density at radius 1 is 1.47 bits per heavy atom. The van der Waals surface area contributed by atoms with Gasteiger partial charge in [0.25, 0.3) is 0 Å². The second-order valence-electron chi connectivity index (χ2n) is 5.31. The van der Waals surface area contributed by atoms with Crippen LogP contribution in [0.4, 0.5) is 5.69 Å². The molecule has 0 radical (unpaired) electrons. The number of hydrogen-bond donors (Lipinski definition) is 2. The van der Waals surface area contributed by atoms with Gasteiger partial charge in [-0.15, -0.1) is 0 Å².